The van der Waals surface area contributed by atoms with Crippen molar-refractivity contribution in [1.82, 2.24) is 15.5 Å². The zero-order valence-corrected chi connectivity index (χ0v) is 11.2. The summed E-state index contributed by atoms with van der Waals surface area (Å²) >= 11 is 0. The van der Waals surface area contributed by atoms with Crippen molar-refractivity contribution in [3.63, 3.8) is 0 Å². The van der Waals surface area contributed by atoms with Gasteiger partial charge in [-0.1, -0.05) is 19.0 Å². The first kappa shape index (κ1) is 12.8. The van der Waals surface area contributed by atoms with Gasteiger partial charge in [0.1, 0.15) is 11.5 Å². The molecule has 2 heterocycles. The van der Waals surface area contributed by atoms with Crippen LogP contribution >= 0.6 is 0 Å². The minimum absolute atomic E-state index is 0.125. The van der Waals surface area contributed by atoms with Gasteiger partial charge in [-0.2, -0.15) is 4.98 Å². The van der Waals surface area contributed by atoms with Crippen LogP contribution in [0.4, 0.5) is 0 Å². The van der Waals surface area contributed by atoms with Crippen LogP contribution in [0.2, 0.25) is 0 Å². The molecular formula is C13H19N3O2. The molecule has 2 aromatic rings. The maximum Gasteiger partial charge on any atom is 0.229 e. The van der Waals surface area contributed by atoms with E-state index < -0.39 is 0 Å². The van der Waals surface area contributed by atoms with Gasteiger partial charge in [-0.15, -0.1) is 0 Å². The third-order valence-electron chi connectivity index (χ3n) is 2.73. The van der Waals surface area contributed by atoms with E-state index in [9.17, 15) is 0 Å². The van der Waals surface area contributed by atoms with E-state index in [-0.39, 0.29) is 12.0 Å². The summed E-state index contributed by atoms with van der Waals surface area (Å²) < 4.78 is 10.7. The molecule has 1 N–H and O–H groups in total. The molecule has 0 aliphatic heterocycles. The lowest BCUT2D eigenvalue weighted by atomic mass is 10.2. The Kier molecular flexibility index (Phi) is 3.81. The maximum absolute atomic E-state index is 5.55. The highest BCUT2D eigenvalue weighted by atomic mass is 16.5. The van der Waals surface area contributed by atoms with Crippen LogP contribution in [0.25, 0.3) is 0 Å². The van der Waals surface area contributed by atoms with Gasteiger partial charge in [0.2, 0.25) is 5.89 Å². The lowest BCUT2D eigenvalue weighted by molar-refractivity contribution is 0.356. The molecule has 0 radical (unpaired) electrons. The number of furan rings is 1. The van der Waals surface area contributed by atoms with Gasteiger partial charge in [0.05, 0.1) is 12.6 Å². The highest BCUT2D eigenvalue weighted by molar-refractivity contribution is 5.09. The van der Waals surface area contributed by atoms with Crippen LogP contribution in [0.15, 0.2) is 21.1 Å². The van der Waals surface area contributed by atoms with E-state index in [1.54, 1.807) is 0 Å². The maximum atomic E-state index is 5.55. The number of aromatic nitrogens is 2. The Morgan fingerprint density at radius 2 is 2.06 bits per heavy atom. The second-order valence-corrected chi connectivity index (χ2v) is 4.75. The Morgan fingerprint density at radius 3 is 2.61 bits per heavy atom. The molecule has 5 nitrogen and oxygen atoms in total. The quantitative estimate of drug-likeness (QED) is 0.882. The fourth-order valence-electron chi connectivity index (χ4n) is 1.60. The SMILES string of the molecule is Cc1ccc(C(C)NCc2noc(C(C)C)n2)o1. The molecule has 2 rings (SSSR count). The van der Waals surface area contributed by atoms with Gasteiger partial charge in [0.15, 0.2) is 5.82 Å². The molecule has 0 amide bonds. The minimum atomic E-state index is 0.125. The minimum Gasteiger partial charge on any atom is -0.465 e. The summed E-state index contributed by atoms with van der Waals surface area (Å²) in [5.41, 5.74) is 0. The van der Waals surface area contributed by atoms with Gasteiger partial charge in [-0.25, -0.2) is 0 Å². The monoisotopic (exact) mass is 249 g/mol. The Morgan fingerprint density at radius 1 is 1.28 bits per heavy atom. The molecule has 0 aromatic carbocycles. The van der Waals surface area contributed by atoms with E-state index in [1.165, 1.54) is 0 Å². The average molecular weight is 249 g/mol. The molecule has 1 unspecified atom stereocenters. The molecule has 2 aromatic heterocycles. The van der Waals surface area contributed by atoms with Gasteiger partial charge >= 0.3 is 0 Å². The van der Waals surface area contributed by atoms with Crippen LogP contribution in [-0.4, -0.2) is 10.1 Å². The van der Waals surface area contributed by atoms with Gasteiger partial charge in [-0.3, -0.25) is 0 Å². The van der Waals surface area contributed by atoms with Crippen molar-refractivity contribution in [1.29, 1.82) is 0 Å². The standard InChI is InChI=1S/C13H19N3O2/c1-8(2)13-15-12(16-18-13)7-14-10(4)11-6-5-9(3)17-11/h5-6,8,10,14H,7H2,1-4H3. The molecule has 18 heavy (non-hydrogen) atoms. The molecule has 5 heteroatoms. The molecule has 0 aliphatic carbocycles. The van der Waals surface area contributed by atoms with E-state index in [2.05, 4.69) is 15.5 Å². The van der Waals surface area contributed by atoms with Crippen LogP contribution in [0, 0.1) is 6.92 Å². The molecular weight excluding hydrogens is 230 g/mol. The van der Waals surface area contributed by atoms with E-state index in [1.807, 2.05) is 39.8 Å². The van der Waals surface area contributed by atoms with Crippen LogP contribution in [0.5, 0.6) is 0 Å². The van der Waals surface area contributed by atoms with Crippen LogP contribution in [0.1, 0.15) is 56.0 Å². The zero-order valence-electron chi connectivity index (χ0n) is 11.2. The van der Waals surface area contributed by atoms with Crippen molar-refractivity contribution in [3.05, 3.63) is 35.4 Å². The number of aryl methyl sites for hydroxylation is 1. The van der Waals surface area contributed by atoms with Crippen molar-refractivity contribution in [2.45, 2.75) is 46.2 Å². The lowest BCUT2D eigenvalue weighted by Crippen LogP contribution is -2.18. The average Bonchev–Trinajstić information content (AvgIpc) is 2.94. The molecule has 0 fully saturated rings. The topological polar surface area (TPSA) is 64.1 Å². The smallest absolute Gasteiger partial charge is 0.229 e. The predicted octanol–water partition coefficient (Wildman–Crippen LogP) is 2.95. The Hall–Kier alpha value is -1.62. The van der Waals surface area contributed by atoms with E-state index >= 15 is 0 Å². The summed E-state index contributed by atoms with van der Waals surface area (Å²) in [7, 11) is 0. The van der Waals surface area contributed by atoms with E-state index in [4.69, 9.17) is 8.94 Å². The summed E-state index contributed by atoms with van der Waals surface area (Å²) in [5.74, 6) is 3.44. The largest absolute Gasteiger partial charge is 0.465 e. The van der Waals surface area contributed by atoms with Crippen LogP contribution in [0.3, 0.4) is 0 Å². The van der Waals surface area contributed by atoms with E-state index in [0.717, 1.165) is 11.5 Å². The normalized spacial score (nSPS) is 13.2. The van der Waals surface area contributed by atoms with Gasteiger partial charge in [0, 0.05) is 5.92 Å². The second kappa shape index (κ2) is 5.35. The summed E-state index contributed by atoms with van der Waals surface area (Å²) in [6, 6.07) is 4.06. The molecule has 0 saturated heterocycles. The van der Waals surface area contributed by atoms with E-state index in [0.29, 0.717) is 18.3 Å². The van der Waals surface area contributed by atoms with Crippen molar-refractivity contribution in [2.75, 3.05) is 0 Å². The highest BCUT2D eigenvalue weighted by Gasteiger charge is 2.12. The third-order valence-corrected chi connectivity index (χ3v) is 2.73. The molecule has 0 aliphatic rings. The molecule has 0 spiro atoms. The summed E-state index contributed by atoms with van der Waals surface area (Å²) in [6.45, 7) is 8.60. The first-order valence-corrected chi connectivity index (χ1v) is 6.18. The van der Waals surface area contributed by atoms with Gasteiger partial charge < -0.3 is 14.3 Å². The molecule has 0 saturated carbocycles. The first-order chi connectivity index (χ1) is 8.56. The number of nitrogens with one attached hydrogen (secondary N) is 1. The second-order valence-electron chi connectivity index (χ2n) is 4.75. The first-order valence-electron chi connectivity index (χ1n) is 6.18. The van der Waals surface area contributed by atoms with Crippen molar-refractivity contribution in [2.24, 2.45) is 0 Å². The van der Waals surface area contributed by atoms with Crippen molar-refractivity contribution in [3.8, 4) is 0 Å². The Balaban J connectivity index is 1.90. The van der Waals surface area contributed by atoms with Crippen LogP contribution < -0.4 is 5.32 Å². The fraction of sp³-hybridized carbons (Fsp3) is 0.538. The summed E-state index contributed by atoms with van der Waals surface area (Å²) in [6.07, 6.45) is 0. The number of nitrogens with zero attached hydrogens (tertiary/aromatic N) is 2. The summed E-state index contributed by atoms with van der Waals surface area (Å²) in [4.78, 5) is 4.31. The van der Waals surface area contributed by atoms with Crippen LogP contribution in [-0.2, 0) is 6.54 Å². The molecule has 0 bridgehead atoms. The fourth-order valence-corrected chi connectivity index (χ4v) is 1.60. The Labute approximate surface area is 107 Å². The number of rotatable bonds is 5. The highest BCUT2D eigenvalue weighted by Crippen LogP contribution is 2.16. The zero-order chi connectivity index (χ0) is 13.1. The summed E-state index contributed by atoms with van der Waals surface area (Å²) in [5, 5.41) is 7.23. The molecule has 98 valence electrons. The third kappa shape index (κ3) is 2.98. The van der Waals surface area contributed by atoms with Gasteiger partial charge in [-0.05, 0) is 26.0 Å². The van der Waals surface area contributed by atoms with Gasteiger partial charge in [0.25, 0.3) is 0 Å². The van der Waals surface area contributed by atoms with Crippen molar-refractivity contribution < 1.29 is 8.94 Å². The lowest BCUT2D eigenvalue weighted by Gasteiger charge is -2.08. The number of hydrogen-bond acceptors (Lipinski definition) is 5. The Bertz CT molecular complexity index is 502. The molecule has 1 atom stereocenters. The van der Waals surface area contributed by atoms with Crippen molar-refractivity contribution >= 4 is 0 Å². The predicted molar refractivity (Wildman–Crippen MR) is 67.1 cm³/mol. The number of hydrogen-bond donors (Lipinski definition) is 1.